The maximum atomic E-state index is 12.2. The van der Waals surface area contributed by atoms with Crippen LogP contribution in [0.3, 0.4) is 0 Å². The third-order valence-corrected chi connectivity index (χ3v) is 2.69. The van der Waals surface area contributed by atoms with E-state index in [2.05, 4.69) is 4.98 Å². The summed E-state index contributed by atoms with van der Waals surface area (Å²) in [6.45, 7) is 0. The Kier molecular flexibility index (Phi) is 3.44. The third kappa shape index (κ3) is 2.69. The van der Waals surface area contributed by atoms with E-state index in [4.69, 9.17) is 11.0 Å². The maximum Gasteiger partial charge on any atom is 0.276 e. The van der Waals surface area contributed by atoms with Crippen LogP contribution in [0.15, 0.2) is 42.6 Å². The number of benzene rings is 1. The predicted molar refractivity (Wildman–Crippen MR) is 72.5 cm³/mol. The largest absolute Gasteiger partial charge is 0.397 e. The number of nitrogen functional groups attached to an aromatic ring is 1. The summed E-state index contributed by atoms with van der Waals surface area (Å²) in [4.78, 5) is 17.6. The highest BCUT2D eigenvalue weighted by molar-refractivity contribution is 6.04. The number of carbonyl (C=O) groups is 1. The van der Waals surface area contributed by atoms with Crippen LogP contribution in [0.25, 0.3) is 0 Å². The van der Waals surface area contributed by atoms with E-state index in [0.717, 1.165) is 0 Å². The molecule has 1 aromatic heterocycles. The molecule has 0 atom stereocenters. The van der Waals surface area contributed by atoms with Crippen LogP contribution in [0.4, 0.5) is 11.4 Å². The monoisotopic (exact) mass is 252 g/mol. The van der Waals surface area contributed by atoms with Crippen molar-refractivity contribution in [3.63, 3.8) is 0 Å². The lowest BCUT2D eigenvalue weighted by Gasteiger charge is -2.16. The molecule has 0 unspecified atom stereocenters. The van der Waals surface area contributed by atoms with Gasteiger partial charge in [-0.25, -0.2) is 4.98 Å². The molecule has 5 heteroatoms. The van der Waals surface area contributed by atoms with E-state index in [1.165, 1.54) is 11.1 Å². The zero-order valence-corrected chi connectivity index (χ0v) is 10.4. The zero-order valence-electron chi connectivity index (χ0n) is 10.4. The number of anilines is 2. The average molecular weight is 252 g/mol. The summed E-state index contributed by atoms with van der Waals surface area (Å²) in [7, 11) is 1.65. The number of hydrogen-bond donors (Lipinski definition) is 1. The van der Waals surface area contributed by atoms with Crippen molar-refractivity contribution in [2.45, 2.75) is 0 Å². The molecular weight excluding hydrogens is 240 g/mol. The Morgan fingerprint density at radius 2 is 1.95 bits per heavy atom. The second-order valence-electron chi connectivity index (χ2n) is 4.00. The first-order valence-corrected chi connectivity index (χ1v) is 5.61. The molecule has 2 aromatic rings. The lowest BCUT2D eigenvalue weighted by molar-refractivity contribution is 0.0988. The highest BCUT2D eigenvalue weighted by Gasteiger charge is 2.14. The molecule has 0 spiro atoms. The fourth-order valence-electron chi connectivity index (χ4n) is 1.58. The molecule has 1 heterocycles. The van der Waals surface area contributed by atoms with E-state index in [0.29, 0.717) is 22.6 Å². The van der Waals surface area contributed by atoms with Gasteiger partial charge in [-0.1, -0.05) is 0 Å². The first-order chi connectivity index (χ1) is 9.11. The minimum absolute atomic E-state index is 0.232. The van der Waals surface area contributed by atoms with Crippen molar-refractivity contribution in [1.29, 1.82) is 5.26 Å². The van der Waals surface area contributed by atoms with E-state index in [-0.39, 0.29) is 5.91 Å². The number of aromatic nitrogens is 1. The zero-order chi connectivity index (χ0) is 13.8. The van der Waals surface area contributed by atoms with Gasteiger partial charge in [-0.2, -0.15) is 5.26 Å². The third-order valence-electron chi connectivity index (χ3n) is 2.69. The molecular formula is C14H12N4O. The Balaban J connectivity index is 2.23. The number of nitriles is 1. The van der Waals surface area contributed by atoms with Crippen molar-refractivity contribution in [3.8, 4) is 6.07 Å². The number of pyridine rings is 1. The summed E-state index contributed by atoms with van der Waals surface area (Å²) < 4.78 is 0. The van der Waals surface area contributed by atoms with Crippen molar-refractivity contribution in [3.05, 3.63) is 53.9 Å². The number of rotatable bonds is 2. The molecule has 1 amide bonds. The van der Waals surface area contributed by atoms with Gasteiger partial charge < -0.3 is 10.6 Å². The van der Waals surface area contributed by atoms with E-state index >= 15 is 0 Å². The standard InChI is InChI=1S/C14H12N4O/c1-18(12-5-2-10(8-15)3-6-12)14(19)13-7-4-11(16)9-17-13/h2-7,9H,16H2,1H3. The lowest BCUT2D eigenvalue weighted by atomic mass is 10.2. The van der Waals surface area contributed by atoms with Gasteiger partial charge in [0.15, 0.2) is 0 Å². The molecule has 0 aliphatic rings. The summed E-state index contributed by atoms with van der Waals surface area (Å²) in [6.07, 6.45) is 1.44. The number of amides is 1. The quantitative estimate of drug-likeness (QED) is 0.883. The van der Waals surface area contributed by atoms with E-state index in [9.17, 15) is 4.79 Å². The van der Waals surface area contributed by atoms with Gasteiger partial charge in [0.1, 0.15) is 5.69 Å². The molecule has 0 saturated heterocycles. The van der Waals surface area contributed by atoms with Crippen molar-refractivity contribution in [2.24, 2.45) is 0 Å². The fraction of sp³-hybridized carbons (Fsp3) is 0.0714. The first kappa shape index (κ1) is 12.6. The lowest BCUT2D eigenvalue weighted by Crippen LogP contribution is -2.27. The molecule has 2 rings (SSSR count). The van der Waals surface area contributed by atoms with E-state index in [1.54, 1.807) is 43.4 Å². The van der Waals surface area contributed by atoms with Crippen LogP contribution >= 0.6 is 0 Å². The van der Waals surface area contributed by atoms with Gasteiger partial charge in [-0.15, -0.1) is 0 Å². The molecule has 2 N–H and O–H groups in total. The van der Waals surface area contributed by atoms with Gasteiger partial charge >= 0.3 is 0 Å². The normalized spacial score (nSPS) is 9.68. The van der Waals surface area contributed by atoms with Crippen molar-refractivity contribution in [2.75, 3.05) is 17.7 Å². The van der Waals surface area contributed by atoms with Crippen LogP contribution in [0.5, 0.6) is 0 Å². The first-order valence-electron chi connectivity index (χ1n) is 5.61. The van der Waals surface area contributed by atoms with Crippen molar-refractivity contribution < 1.29 is 4.79 Å². The highest BCUT2D eigenvalue weighted by Crippen LogP contribution is 2.16. The van der Waals surface area contributed by atoms with Crippen molar-refractivity contribution in [1.82, 2.24) is 4.98 Å². The van der Waals surface area contributed by atoms with E-state index < -0.39 is 0 Å². The number of carbonyl (C=O) groups excluding carboxylic acids is 1. The molecule has 0 saturated carbocycles. The van der Waals surface area contributed by atoms with Crippen LogP contribution in [0.1, 0.15) is 16.1 Å². The Morgan fingerprint density at radius 3 is 2.47 bits per heavy atom. The summed E-state index contributed by atoms with van der Waals surface area (Å²) in [5.41, 5.74) is 7.61. The second-order valence-corrected chi connectivity index (χ2v) is 4.00. The summed E-state index contributed by atoms with van der Waals surface area (Å²) in [5, 5.41) is 8.73. The molecule has 94 valence electrons. The molecule has 0 radical (unpaired) electrons. The predicted octanol–water partition coefficient (Wildman–Crippen LogP) is 1.81. The minimum atomic E-state index is -0.232. The number of nitrogens with two attached hydrogens (primary N) is 1. The Bertz CT molecular complexity index is 626. The van der Waals surface area contributed by atoms with Gasteiger partial charge in [0.25, 0.3) is 5.91 Å². The maximum absolute atomic E-state index is 12.2. The van der Waals surface area contributed by atoms with Crippen molar-refractivity contribution >= 4 is 17.3 Å². The summed E-state index contributed by atoms with van der Waals surface area (Å²) in [5.74, 6) is -0.232. The smallest absolute Gasteiger partial charge is 0.276 e. The average Bonchev–Trinajstić information content (AvgIpc) is 2.46. The molecule has 19 heavy (non-hydrogen) atoms. The number of hydrogen-bond acceptors (Lipinski definition) is 4. The molecule has 5 nitrogen and oxygen atoms in total. The van der Waals surface area contributed by atoms with Crippen LogP contribution in [-0.4, -0.2) is 17.9 Å². The number of nitrogens with zero attached hydrogens (tertiary/aromatic N) is 3. The summed E-state index contributed by atoms with van der Waals surface area (Å²) >= 11 is 0. The SMILES string of the molecule is CN(C(=O)c1ccc(N)cn1)c1ccc(C#N)cc1. The van der Waals surface area contributed by atoms with Crippen LogP contribution < -0.4 is 10.6 Å². The van der Waals surface area contributed by atoms with Gasteiger partial charge in [-0.05, 0) is 36.4 Å². The van der Waals surface area contributed by atoms with Crippen LogP contribution in [-0.2, 0) is 0 Å². The topological polar surface area (TPSA) is 83.0 Å². The second kappa shape index (κ2) is 5.19. The molecule has 0 bridgehead atoms. The van der Waals surface area contributed by atoms with Crippen LogP contribution in [0.2, 0.25) is 0 Å². The molecule has 1 aromatic carbocycles. The molecule has 0 aliphatic heterocycles. The fourth-order valence-corrected chi connectivity index (χ4v) is 1.58. The Morgan fingerprint density at radius 1 is 1.26 bits per heavy atom. The Labute approximate surface area is 110 Å². The minimum Gasteiger partial charge on any atom is -0.397 e. The van der Waals surface area contributed by atoms with Gasteiger partial charge in [0, 0.05) is 12.7 Å². The molecule has 0 fully saturated rings. The van der Waals surface area contributed by atoms with Crippen LogP contribution in [0, 0.1) is 11.3 Å². The molecule has 0 aliphatic carbocycles. The van der Waals surface area contributed by atoms with Gasteiger partial charge in [-0.3, -0.25) is 4.79 Å². The van der Waals surface area contributed by atoms with E-state index in [1.807, 2.05) is 6.07 Å². The van der Waals surface area contributed by atoms with Gasteiger partial charge in [0.2, 0.25) is 0 Å². The Hall–Kier alpha value is -2.87. The van der Waals surface area contributed by atoms with Gasteiger partial charge in [0.05, 0.1) is 23.5 Å². The summed E-state index contributed by atoms with van der Waals surface area (Å²) in [6, 6.07) is 12.0. The highest BCUT2D eigenvalue weighted by atomic mass is 16.2.